The maximum Gasteiger partial charge on any atom is 0.0646 e. The fraction of sp³-hybridized carbons (Fsp3) is 0.290. The summed E-state index contributed by atoms with van der Waals surface area (Å²) in [6.07, 6.45) is 11.4. The zero-order chi connectivity index (χ0) is 22.9. The molecular formula is C31H33OSSg-. The van der Waals surface area contributed by atoms with Gasteiger partial charge in [0.1, 0.15) is 0 Å². The Morgan fingerprint density at radius 3 is 2.44 bits per heavy atom. The van der Waals surface area contributed by atoms with Gasteiger partial charge in [0.05, 0.1) is 12.2 Å². The number of fused-ring (bicyclic) bond motifs is 2. The average Bonchev–Trinajstić information content (AvgIpc) is 3.10. The van der Waals surface area contributed by atoms with E-state index in [-0.39, 0.29) is 5.60 Å². The molecule has 0 N–H and O–H groups in total. The third-order valence-electron chi connectivity index (χ3n) is 6.93. The number of rotatable bonds is 7. The van der Waals surface area contributed by atoms with Crippen LogP contribution in [-0.4, -0.2) is 18.5 Å². The van der Waals surface area contributed by atoms with Crippen LogP contribution in [0.15, 0.2) is 99.6 Å². The topological polar surface area (TPSA) is 9.23 Å². The molecule has 1 nitrogen and oxygen atoms in total. The van der Waals surface area contributed by atoms with Gasteiger partial charge in [0, 0.05) is 4.90 Å². The van der Waals surface area contributed by atoms with Crippen molar-refractivity contribution in [2.45, 2.75) is 54.9 Å². The van der Waals surface area contributed by atoms with Gasteiger partial charge in [0.2, 0.25) is 0 Å². The molecule has 172 valence electrons. The zero-order valence-electron chi connectivity index (χ0n) is 20.6. The maximum atomic E-state index is 6.28. The molecule has 3 aromatic carbocycles. The number of hydrogen-bond acceptors (Lipinski definition) is 1. The number of benzene rings is 3. The summed E-state index contributed by atoms with van der Waals surface area (Å²) in [5, 5.41) is 0. The van der Waals surface area contributed by atoms with E-state index in [4.69, 9.17) is 4.74 Å². The van der Waals surface area contributed by atoms with Crippen LogP contribution >= 0.6 is 10.0 Å². The van der Waals surface area contributed by atoms with E-state index in [0.717, 1.165) is 25.9 Å². The van der Waals surface area contributed by atoms with Crippen molar-refractivity contribution in [2.75, 3.05) is 12.9 Å². The largest absolute Gasteiger partial charge is 0.375 e. The van der Waals surface area contributed by atoms with Crippen molar-refractivity contribution in [3.63, 3.8) is 0 Å². The Morgan fingerprint density at radius 1 is 0.941 bits per heavy atom. The summed E-state index contributed by atoms with van der Waals surface area (Å²) in [5.74, 6) is 0. The molecule has 0 aromatic heterocycles. The summed E-state index contributed by atoms with van der Waals surface area (Å²) in [6, 6.07) is 29.7. The van der Waals surface area contributed by atoms with Crippen LogP contribution in [0.5, 0.6) is 0 Å². The fourth-order valence-corrected chi connectivity index (χ4v) is 8.81. The van der Waals surface area contributed by atoms with E-state index in [9.17, 15) is 0 Å². The molecule has 3 heteroatoms. The van der Waals surface area contributed by atoms with Crippen LogP contribution in [-0.2, 0) is 17.6 Å². The first-order valence-electron chi connectivity index (χ1n) is 11.9. The smallest absolute Gasteiger partial charge is 0.0646 e. The first kappa shape index (κ1) is 23.6. The molecule has 1 unspecified atom stereocenters. The minimum absolute atomic E-state index is 0. The van der Waals surface area contributed by atoms with Gasteiger partial charge in [-0.25, -0.2) is 0 Å². The van der Waals surface area contributed by atoms with E-state index >= 15 is 0 Å². The zero-order valence-corrected chi connectivity index (χ0v) is 27.9. The standard InChI is InChI=1S/C31H33OS.Sg/c1-31(2,23-25-11-5-4-6-12-25)32-22-21-24-17-19-26(20-18-24)33(3)29-15-9-7-13-27(29)28-14-8-10-16-30(28)33;/h5-9,11-15,17-20H,10,16,21-23H2,1-3H3;/q-1;. The van der Waals surface area contributed by atoms with Crippen LogP contribution in [0.2, 0.25) is 0 Å². The first-order chi connectivity index (χ1) is 16.0. The second-order valence-electron chi connectivity index (χ2n) is 9.78. The van der Waals surface area contributed by atoms with Crippen molar-refractivity contribution in [1.29, 1.82) is 0 Å². The second-order valence-corrected chi connectivity index (χ2v) is 13.0. The van der Waals surface area contributed by atoms with Gasteiger partial charge in [-0.15, -0.1) is 0 Å². The molecule has 0 saturated heterocycles. The molecule has 2 aliphatic rings. The summed E-state index contributed by atoms with van der Waals surface area (Å²) in [6.45, 7) is 5.09. The van der Waals surface area contributed by atoms with Gasteiger partial charge in [-0.1, -0.05) is 42.5 Å². The molecule has 34 heavy (non-hydrogen) atoms. The van der Waals surface area contributed by atoms with Crippen LogP contribution in [0.3, 0.4) is 0 Å². The summed E-state index contributed by atoms with van der Waals surface area (Å²) in [5.41, 5.74) is 5.38. The normalized spacial score (nSPS) is 20.8. The molecule has 3 aromatic rings. The molecule has 0 fully saturated rings. The van der Waals surface area contributed by atoms with Crippen molar-refractivity contribution < 1.29 is 4.74 Å². The SMILES string of the molecule is CC(C)(Cc1cc[c-]cc1)OCCc1ccc(S2(C)C3=C(C=CCC3)c3ccccc32)cc1.[Sg]. The van der Waals surface area contributed by atoms with Gasteiger partial charge in [-0.05, 0) is 90.5 Å². The third kappa shape index (κ3) is 4.32. The predicted molar refractivity (Wildman–Crippen MR) is 141 cm³/mol. The summed E-state index contributed by atoms with van der Waals surface area (Å²) in [4.78, 5) is 4.65. The van der Waals surface area contributed by atoms with Crippen molar-refractivity contribution in [2.24, 2.45) is 0 Å². The van der Waals surface area contributed by atoms with Crippen LogP contribution in [0.1, 0.15) is 43.4 Å². The Labute approximate surface area is 200 Å². The molecule has 0 bridgehead atoms. The van der Waals surface area contributed by atoms with E-state index in [1.165, 1.54) is 38.5 Å². The fourth-order valence-electron chi connectivity index (χ4n) is 5.21. The van der Waals surface area contributed by atoms with Gasteiger partial charge in [-0.2, -0.15) is 45.9 Å². The van der Waals surface area contributed by atoms with Gasteiger partial charge in [0.15, 0.2) is 0 Å². The van der Waals surface area contributed by atoms with E-state index in [1.54, 1.807) is 4.91 Å². The summed E-state index contributed by atoms with van der Waals surface area (Å²) in [7, 11) is -1.14. The Bertz CT molecular complexity index is 1190. The minimum Gasteiger partial charge on any atom is -0.375 e. The number of allylic oxidation sites excluding steroid dienone is 4. The minimum atomic E-state index is -1.14. The molecule has 1 aliphatic heterocycles. The van der Waals surface area contributed by atoms with E-state index in [0.29, 0.717) is 0 Å². The van der Waals surface area contributed by atoms with Crippen molar-refractivity contribution >= 4 is 15.6 Å². The quantitative estimate of drug-likeness (QED) is 0.225. The Morgan fingerprint density at radius 2 is 1.68 bits per heavy atom. The maximum absolute atomic E-state index is 6.28. The Kier molecular flexibility index (Phi) is 6.50. The number of hydrogen-bond donors (Lipinski definition) is 0. The average molecular weight is 723 g/mol. The van der Waals surface area contributed by atoms with Crippen molar-refractivity contribution in [1.82, 2.24) is 0 Å². The van der Waals surface area contributed by atoms with E-state index in [2.05, 4.69) is 99.0 Å². The van der Waals surface area contributed by atoms with E-state index in [1.807, 2.05) is 12.1 Å². The molecule has 0 amide bonds. The molecule has 1 heterocycles. The molecule has 1 aliphatic carbocycles. The first-order valence-corrected chi connectivity index (χ1v) is 14.0. The van der Waals surface area contributed by atoms with Gasteiger partial charge in [-0.3, -0.25) is 0 Å². The second kappa shape index (κ2) is 9.37. The molecule has 5 rings (SSSR count). The van der Waals surface area contributed by atoms with Gasteiger partial charge < -0.3 is 4.74 Å². The van der Waals surface area contributed by atoms with E-state index < -0.39 is 10.0 Å². The molecule has 0 radical (unpaired) electrons. The molecule has 0 spiro atoms. The van der Waals surface area contributed by atoms with Crippen LogP contribution < -0.4 is 0 Å². The van der Waals surface area contributed by atoms with Crippen LogP contribution in [0, 0.1) is 6.07 Å². The number of ether oxygens (including phenoxy) is 1. The van der Waals surface area contributed by atoms with Crippen LogP contribution in [0.4, 0.5) is 0 Å². The van der Waals surface area contributed by atoms with Gasteiger partial charge >= 0.3 is 0 Å². The Hall–Kier alpha value is -3.55. The van der Waals surface area contributed by atoms with Crippen molar-refractivity contribution in [3.8, 4) is 0 Å². The Balaban J connectivity index is 0.00000274. The van der Waals surface area contributed by atoms with Gasteiger partial charge in [0.25, 0.3) is 0 Å². The monoisotopic (exact) mass is 724 g/mol. The van der Waals surface area contributed by atoms with Crippen LogP contribution in [0.25, 0.3) is 5.57 Å². The molecule has 1 atom stereocenters. The summed E-state index contributed by atoms with van der Waals surface area (Å²) >= 11 is 0. The third-order valence-corrected chi connectivity index (χ3v) is 10.8. The molecular weight excluding hydrogens is 689 g/mol. The van der Waals surface area contributed by atoms with Crippen molar-refractivity contribution in [3.05, 3.63) is 113 Å². The predicted octanol–water partition coefficient (Wildman–Crippen LogP) is 7.99. The summed E-state index contributed by atoms with van der Waals surface area (Å²) < 4.78 is 6.28. The molecule has 0 saturated carbocycles.